The Morgan fingerprint density at radius 2 is 1.76 bits per heavy atom. The van der Waals surface area contributed by atoms with Crippen LogP contribution < -0.4 is 11.5 Å². The minimum Gasteiger partial charge on any atom is -0.383 e. The molecule has 124 valence electrons. The summed E-state index contributed by atoms with van der Waals surface area (Å²) in [6.07, 6.45) is 1.96. The summed E-state index contributed by atoms with van der Waals surface area (Å²) in [5.41, 5.74) is 14.0. The molecule has 0 bridgehead atoms. The fourth-order valence-corrected chi connectivity index (χ4v) is 2.67. The molecule has 0 atom stereocenters. The third-order valence-corrected chi connectivity index (χ3v) is 3.77. The van der Waals surface area contributed by atoms with Crippen LogP contribution in [0.5, 0.6) is 0 Å². The average molecular weight is 335 g/mol. The number of aromatic nitrogens is 5. The molecule has 0 unspecified atom stereocenters. The van der Waals surface area contributed by atoms with Gasteiger partial charge in [-0.05, 0) is 23.8 Å². The molecule has 8 heteroatoms. The molecule has 4 rings (SSSR count). The molecule has 0 aliphatic heterocycles. The van der Waals surface area contributed by atoms with Gasteiger partial charge in [0.2, 0.25) is 0 Å². The van der Waals surface area contributed by atoms with Crippen LogP contribution in [0.15, 0.2) is 48.7 Å². The average Bonchev–Trinajstić information content (AvgIpc) is 2.95. The first-order chi connectivity index (χ1) is 12.1. The van der Waals surface area contributed by atoms with Crippen LogP contribution in [0.3, 0.4) is 0 Å². The second-order valence-electron chi connectivity index (χ2n) is 5.52. The summed E-state index contributed by atoms with van der Waals surface area (Å²) in [5, 5.41) is 4.53. The van der Waals surface area contributed by atoms with Gasteiger partial charge in [-0.25, -0.2) is 4.39 Å². The lowest BCUT2D eigenvalue weighted by molar-refractivity contribution is 0.613. The summed E-state index contributed by atoms with van der Waals surface area (Å²) < 4.78 is 15.5. The second-order valence-corrected chi connectivity index (χ2v) is 5.52. The molecule has 4 aromatic rings. The van der Waals surface area contributed by atoms with Crippen molar-refractivity contribution < 1.29 is 4.39 Å². The van der Waals surface area contributed by atoms with Crippen LogP contribution in [0.1, 0.15) is 11.3 Å². The van der Waals surface area contributed by atoms with E-state index in [0.717, 1.165) is 0 Å². The quantitative estimate of drug-likeness (QED) is 0.593. The monoisotopic (exact) mass is 335 g/mol. The predicted octanol–water partition coefficient (Wildman–Crippen LogP) is 2.10. The topological polar surface area (TPSA) is 109 Å². The van der Waals surface area contributed by atoms with Crippen LogP contribution >= 0.6 is 0 Å². The zero-order chi connectivity index (χ0) is 17.4. The normalized spacial score (nSPS) is 11.1. The van der Waals surface area contributed by atoms with Crippen molar-refractivity contribution in [1.82, 2.24) is 24.7 Å². The molecule has 0 fully saturated rings. The number of nitrogens with two attached hydrogens (primary N) is 2. The standard InChI is InChI=1S/C17H14FN7/c18-11-5-2-1-4-10(11)8-12-16-13(6-3-7-21-16)25(24-12)17-22-14(19)9-15(20)23-17/h1-7,9H,8H2,(H4,19,20,22,23). The van der Waals surface area contributed by atoms with E-state index in [9.17, 15) is 4.39 Å². The van der Waals surface area contributed by atoms with Gasteiger partial charge in [-0.2, -0.15) is 19.7 Å². The lowest BCUT2D eigenvalue weighted by Gasteiger charge is -2.03. The third-order valence-electron chi connectivity index (χ3n) is 3.77. The smallest absolute Gasteiger partial charge is 0.255 e. The molecule has 7 nitrogen and oxygen atoms in total. The number of anilines is 2. The minimum absolute atomic E-state index is 0.241. The predicted molar refractivity (Wildman–Crippen MR) is 92.5 cm³/mol. The van der Waals surface area contributed by atoms with E-state index < -0.39 is 0 Å². The van der Waals surface area contributed by atoms with Crippen LogP contribution in [0.2, 0.25) is 0 Å². The van der Waals surface area contributed by atoms with E-state index in [4.69, 9.17) is 11.5 Å². The zero-order valence-electron chi connectivity index (χ0n) is 13.1. The Kier molecular flexibility index (Phi) is 3.50. The molecular formula is C17H14FN7. The van der Waals surface area contributed by atoms with Crippen LogP contribution in [0, 0.1) is 5.82 Å². The first-order valence-electron chi connectivity index (χ1n) is 7.58. The molecule has 4 N–H and O–H groups in total. The molecule has 0 saturated heterocycles. The summed E-state index contributed by atoms with van der Waals surface area (Å²) in [6, 6.07) is 11.7. The summed E-state index contributed by atoms with van der Waals surface area (Å²) in [5.74, 6) is 0.442. The van der Waals surface area contributed by atoms with Crippen LogP contribution in [-0.4, -0.2) is 24.7 Å². The van der Waals surface area contributed by atoms with Gasteiger partial charge in [0.15, 0.2) is 0 Å². The number of nitrogens with zero attached hydrogens (tertiary/aromatic N) is 5. The first-order valence-corrected chi connectivity index (χ1v) is 7.58. The van der Waals surface area contributed by atoms with Gasteiger partial charge in [0.25, 0.3) is 5.95 Å². The molecule has 0 saturated carbocycles. The highest BCUT2D eigenvalue weighted by Gasteiger charge is 2.16. The summed E-state index contributed by atoms with van der Waals surface area (Å²) >= 11 is 0. The van der Waals surface area contributed by atoms with Crippen molar-refractivity contribution in [2.75, 3.05) is 11.5 Å². The Bertz CT molecular complexity index is 1050. The van der Waals surface area contributed by atoms with Crippen molar-refractivity contribution in [3.8, 4) is 5.95 Å². The molecule has 0 amide bonds. The number of fused-ring (bicyclic) bond motifs is 1. The van der Waals surface area contributed by atoms with Crippen molar-refractivity contribution in [3.63, 3.8) is 0 Å². The highest BCUT2D eigenvalue weighted by Crippen LogP contribution is 2.22. The SMILES string of the molecule is Nc1cc(N)nc(-n2nc(Cc3ccccc3F)c3ncccc32)n1. The van der Waals surface area contributed by atoms with Crippen molar-refractivity contribution in [1.29, 1.82) is 0 Å². The third kappa shape index (κ3) is 2.74. The zero-order valence-corrected chi connectivity index (χ0v) is 13.1. The second kappa shape index (κ2) is 5.82. The lowest BCUT2D eigenvalue weighted by atomic mass is 10.1. The number of nitrogen functional groups attached to an aromatic ring is 2. The molecular weight excluding hydrogens is 321 g/mol. The molecule has 0 aliphatic carbocycles. The van der Waals surface area contributed by atoms with E-state index in [2.05, 4.69) is 20.1 Å². The van der Waals surface area contributed by atoms with E-state index in [1.54, 1.807) is 30.5 Å². The fraction of sp³-hybridized carbons (Fsp3) is 0.0588. The van der Waals surface area contributed by atoms with Gasteiger partial charge >= 0.3 is 0 Å². The van der Waals surface area contributed by atoms with Crippen molar-refractivity contribution in [3.05, 3.63) is 65.7 Å². The van der Waals surface area contributed by atoms with Crippen LogP contribution in [0.4, 0.5) is 16.0 Å². The lowest BCUT2D eigenvalue weighted by Crippen LogP contribution is -2.07. The molecule has 0 aliphatic rings. The number of hydrogen-bond donors (Lipinski definition) is 2. The maximum absolute atomic E-state index is 14.0. The van der Waals surface area contributed by atoms with Gasteiger partial charge in [-0.1, -0.05) is 18.2 Å². The van der Waals surface area contributed by atoms with Crippen molar-refractivity contribution in [2.45, 2.75) is 6.42 Å². The Hall–Kier alpha value is -3.55. The molecule has 1 aromatic carbocycles. The van der Waals surface area contributed by atoms with E-state index in [1.807, 2.05) is 6.07 Å². The van der Waals surface area contributed by atoms with E-state index in [0.29, 0.717) is 28.7 Å². The summed E-state index contributed by atoms with van der Waals surface area (Å²) in [6.45, 7) is 0. The molecule has 3 heterocycles. The van der Waals surface area contributed by atoms with Gasteiger partial charge < -0.3 is 11.5 Å². The van der Waals surface area contributed by atoms with Crippen molar-refractivity contribution >= 4 is 22.7 Å². The molecule has 0 spiro atoms. The number of pyridine rings is 1. The Morgan fingerprint density at radius 3 is 2.52 bits per heavy atom. The van der Waals surface area contributed by atoms with Gasteiger partial charge in [-0.15, -0.1) is 0 Å². The molecule has 0 radical (unpaired) electrons. The first kappa shape index (κ1) is 15.0. The van der Waals surface area contributed by atoms with E-state index >= 15 is 0 Å². The Balaban J connectivity index is 1.88. The summed E-state index contributed by atoms with van der Waals surface area (Å²) in [4.78, 5) is 12.7. The maximum Gasteiger partial charge on any atom is 0.255 e. The van der Waals surface area contributed by atoms with E-state index in [-0.39, 0.29) is 23.4 Å². The highest BCUT2D eigenvalue weighted by atomic mass is 19.1. The van der Waals surface area contributed by atoms with Gasteiger partial charge in [-0.3, -0.25) is 4.98 Å². The largest absolute Gasteiger partial charge is 0.383 e. The number of rotatable bonds is 3. The fourth-order valence-electron chi connectivity index (χ4n) is 2.67. The van der Waals surface area contributed by atoms with Gasteiger partial charge in [0, 0.05) is 18.7 Å². The number of hydrogen-bond acceptors (Lipinski definition) is 6. The molecule has 25 heavy (non-hydrogen) atoms. The Morgan fingerprint density at radius 1 is 1.00 bits per heavy atom. The summed E-state index contributed by atoms with van der Waals surface area (Å²) in [7, 11) is 0. The van der Waals surface area contributed by atoms with Gasteiger partial charge in [0.05, 0.1) is 11.2 Å². The van der Waals surface area contributed by atoms with Crippen LogP contribution in [0.25, 0.3) is 17.0 Å². The minimum atomic E-state index is -0.286. The Labute approximate surface area is 142 Å². The maximum atomic E-state index is 14.0. The molecule has 3 aromatic heterocycles. The van der Waals surface area contributed by atoms with E-state index in [1.165, 1.54) is 16.8 Å². The van der Waals surface area contributed by atoms with Crippen LogP contribution in [-0.2, 0) is 6.42 Å². The number of halogens is 1. The van der Waals surface area contributed by atoms with Crippen molar-refractivity contribution in [2.24, 2.45) is 0 Å². The van der Waals surface area contributed by atoms with Gasteiger partial charge in [0.1, 0.15) is 23.0 Å². The number of benzene rings is 1. The highest BCUT2D eigenvalue weighted by molar-refractivity contribution is 5.79.